The second kappa shape index (κ2) is 8.32. The lowest BCUT2D eigenvalue weighted by molar-refractivity contribution is -0.138. The fraction of sp³-hybridized carbons (Fsp3) is 0.316. The number of morpholine rings is 1. The smallest absolute Gasteiger partial charge is 0.379 e. The molecule has 1 heterocycles. The van der Waals surface area contributed by atoms with E-state index in [4.69, 9.17) is 4.74 Å². The Morgan fingerprint density at radius 1 is 1.10 bits per heavy atom. The minimum atomic E-state index is -4.62. The minimum Gasteiger partial charge on any atom is -0.379 e. The number of rotatable bonds is 4. The summed E-state index contributed by atoms with van der Waals surface area (Å²) in [5.74, 6) is -2.07. The number of benzene rings is 2. The van der Waals surface area contributed by atoms with Gasteiger partial charge in [0.2, 0.25) is 10.0 Å². The first-order valence-electron chi connectivity index (χ1n) is 8.87. The number of anilines is 1. The third-order valence-corrected chi connectivity index (χ3v) is 6.49. The molecule has 3 rings (SSSR count). The number of ether oxygens (including phenoxy) is 1. The zero-order valence-electron chi connectivity index (χ0n) is 15.8. The maximum atomic E-state index is 14.2. The number of hydrogen-bond donors (Lipinski definition) is 1. The Morgan fingerprint density at radius 3 is 2.40 bits per heavy atom. The van der Waals surface area contributed by atoms with Crippen LogP contribution in [-0.4, -0.2) is 44.9 Å². The van der Waals surface area contributed by atoms with Gasteiger partial charge in [-0.15, -0.1) is 0 Å². The number of aryl methyl sites for hydroxylation is 1. The SMILES string of the molecule is Cc1ccc(NC(=O)c2cc(S(=O)(=O)N3CCOCC3)ccc2F)cc1C(F)(F)F. The minimum absolute atomic E-state index is 0.0368. The molecule has 1 fully saturated rings. The summed E-state index contributed by atoms with van der Waals surface area (Å²) in [4.78, 5) is 12.2. The molecule has 1 amide bonds. The largest absolute Gasteiger partial charge is 0.416 e. The van der Waals surface area contributed by atoms with E-state index in [9.17, 15) is 30.8 Å². The van der Waals surface area contributed by atoms with Crippen molar-refractivity contribution in [1.29, 1.82) is 0 Å². The Labute approximate surface area is 170 Å². The topological polar surface area (TPSA) is 75.7 Å². The molecule has 2 aromatic carbocycles. The highest BCUT2D eigenvalue weighted by molar-refractivity contribution is 7.89. The van der Waals surface area contributed by atoms with Gasteiger partial charge < -0.3 is 10.1 Å². The molecule has 0 bridgehead atoms. The maximum Gasteiger partial charge on any atom is 0.416 e. The molecule has 0 unspecified atom stereocenters. The Bertz CT molecular complexity index is 1060. The summed E-state index contributed by atoms with van der Waals surface area (Å²) in [7, 11) is -3.98. The number of sulfonamides is 1. The molecule has 162 valence electrons. The lowest BCUT2D eigenvalue weighted by Crippen LogP contribution is -2.40. The van der Waals surface area contributed by atoms with Crippen LogP contribution in [0.5, 0.6) is 0 Å². The van der Waals surface area contributed by atoms with Crippen LogP contribution in [0, 0.1) is 12.7 Å². The van der Waals surface area contributed by atoms with Gasteiger partial charge in [0.15, 0.2) is 0 Å². The van der Waals surface area contributed by atoms with E-state index < -0.39 is 39.1 Å². The number of halogens is 4. The lowest BCUT2D eigenvalue weighted by atomic mass is 10.1. The lowest BCUT2D eigenvalue weighted by Gasteiger charge is -2.26. The summed E-state index contributed by atoms with van der Waals surface area (Å²) in [6.07, 6.45) is -4.62. The molecule has 1 aliphatic rings. The molecule has 1 N–H and O–H groups in total. The van der Waals surface area contributed by atoms with Crippen LogP contribution in [0.4, 0.5) is 23.2 Å². The Balaban J connectivity index is 1.89. The second-order valence-electron chi connectivity index (χ2n) is 6.64. The van der Waals surface area contributed by atoms with Gasteiger partial charge in [0.05, 0.1) is 29.2 Å². The van der Waals surface area contributed by atoms with Gasteiger partial charge in [-0.3, -0.25) is 4.79 Å². The van der Waals surface area contributed by atoms with Crippen molar-refractivity contribution in [3.05, 3.63) is 58.9 Å². The number of alkyl halides is 3. The van der Waals surface area contributed by atoms with Gasteiger partial charge in [-0.1, -0.05) is 6.07 Å². The Hall–Kier alpha value is -2.50. The van der Waals surface area contributed by atoms with Crippen LogP contribution in [0.25, 0.3) is 0 Å². The normalized spacial score (nSPS) is 15.8. The van der Waals surface area contributed by atoms with Crippen LogP contribution in [0.15, 0.2) is 41.3 Å². The van der Waals surface area contributed by atoms with Gasteiger partial charge in [0.1, 0.15) is 5.82 Å². The van der Waals surface area contributed by atoms with Gasteiger partial charge in [0, 0.05) is 18.8 Å². The number of carbonyl (C=O) groups is 1. The molecule has 0 radical (unpaired) electrons. The predicted molar refractivity (Wildman–Crippen MR) is 100 cm³/mol. The predicted octanol–water partition coefficient (Wildman–Crippen LogP) is 3.43. The Morgan fingerprint density at radius 2 is 1.77 bits per heavy atom. The molecular weight excluding hydrogens is 428 g/mol. The maximum absolute atomic E-state index is 14.2. The van der Waals surface area contributed by atoms with E-state index in [0.29, 0.717) is 0 Å². The molecule has 11 heteroatoms. The van der Waals surface area contributed by atoms with Crippen molar-refractivity contribution in [3.63, 3.8) is 0 Å². The molecule has 30 heavy (non-hydrogen) atoms. The molecule has 6 nitrogen and oxygen atoms in total. The van der Waals surface area contributed by atoms with E-state index in [1.54, 1.807) is 0 Å². The van der Waals surface area contributed by atoms with Crippen molar-refractivity contribution in [2.75, 3.05) is 31.6 Å². The van der Waals surface area contributed by atoms with Crippen molar-refractivity contribution >= 4 is 21.6 Å². The van der Waals surface area contributed by atoms with Crippen molar-refractivity contribution < 1.29 is 35.5 Å². The molecular formula is C19H18F4N2O4S. The van der Waals surface area contributed by atoms with Crippen molar-refractivity contribution in [2.24, 2.45) is 0 Å². The summed E-state index contributed by atoms with van der Waals surface area (Å²) < 4.78 is 85.1. The third-order valence-electron chi connectivity index (χ3n) is 4.59. The molecule has 0 aliphatic carbocycles. The van der Waals surface area contributed by atoms with Crippen LogP contribution in [-0.2, 0) is 20.9 Å². The van der Waals surface area contributed by atoms with Gasteiger partial charge in [-0.25, -0.2) is 12.8 Å². The summed E-state index contributed by atoms with van der Waals surface area (Å²) in [5.41, 5.74) is -1.77. The van der Waals surface area contributed by atoms with Crippen LogP contribution in [0.2, 0.25) is 0 Å². The summed E-state index contributed by atoms with van der Waals surface area (Å²) in [6.45, 7) is 1.93. The molecule has 1 saturated heterocycles. The number of nitrogens with zero attached hydrogens (tertiary/aromatic N) is 1. The highest BCUT2D eigenvalue weighted by atomic mass is 32.2. The number of carbonyl (C=O) groups excluding carboxylic acids is 1. The average Bonchev–Trinajstić information content (AvgIpc) is 2.69. The Kier molecular flexibility index (Phi) is 6.16. The highest BCUT2D eigenvalue weighted by Gasteiger charge is 2.33. The monoisotopic (exact) mass is 446 g/mol. The first-order chi connectivity index (χ1) is 14.0. The molecule has 0 atom stereocenters. The van der Waals surface area contributed by atoms with Crippen LogP contribution < -0.4 is 5.32 Å². The van der Waals surface area contributed by atoms with Gasteiger partial charge in [-0.05, 0) is 42.8 Å². The molecule has 2 aromatic rings. The van der Waals surface area contributed by atoms with Crippen molar-refractivity contribution in [2.45, 2.75) is 18.0 Å². The van der Waals surface area contributed by atoms with Gasteiger partial charge in [-0.2, -0.15) is 17.5 Å². The summed E-state index contributed by atoms with van der Waals surface area (Å²) in [6, 6.07) is 5.89. The first-order valence-corrected chi connectivity index (χ1v) is 10.3. The van der Waals surface area contributed by atoms with Crippen molar-refractivity contribution in [1.82, 2.24) is 4.31 Å². The third kappa shape index (κ3) is 4.63. The zero-order valence-corrected chi connectivity index (χ0v) is 16.6. The average molecular weight is 446 g/mol. The van der Waals surface area contributed by atoms with E-state index in [0.717, 1.165) is 28.6 Å². The summed E-state index contributed by atoms with van der Waals surface area (Å²) >= 11 is 0. The van der Waals surface area contributed by atoms with E-state index in [1.165, 1.54) is 19.1 Å². The summed E-state index contributed by atoms with van der Waals surface area (Å²) in [5, 5.41) is 2.19. The standard InChI is InChI=1S/C19H18F4N2O4S/c1-12-2-3-13(10-16(12)19(21,22)23)24-18(26)15-11-14(4-5-17(15)20)30(27,28)25-6-8-29-9-7-25/h2-5,10-11H,6-9H2,1H3,(H,24,26). The van der Waals surface area contributed by atoms with Crippen LogP contribution >= 0.6 is 0 Å². The van der Waals surface area contributed by atoms with Crippen molar-refractivity contribution in [3.8, 4) is 0 Å². The number of amides is 1. The van der Waals surface area contributed by atoms with Gasteiger partial charge >= 0.3 is 6.18 Å². The number of nitrogens with one attached hydrogen (secondary N) is 1. The van der Waals surface area contributed by atoms with E-state index >= 15 is 0 Å². The second-order valence-corrected chi connectivity index (χ2v) is 8.58. The molecule has 0 aromatic heterocycles. The van der Waals surface area contributed by atoms with E-state index in [2.05, 4.69) is 5.32 Å². The van der Waals surface area contributed by atoms with E-state index in [1.807, 2.05) is 0 Å². The fourth-order valence-corrected chi connectivity index (χ4v) is 4.41. The zero-order chi connectivity index (χ0) is 22.1. The van der Waals surface area contributed by atoms with E-state index in [-0.39, 0.29) is 42.4 Å². The molecule has 0 spiro atoms. The number of hydrogen-bond acceptors (Lipinski definition) is 4. The molecule has 1 aliphatic heterocycles. The van der Waals surface area contributed by atoms with Crippen LogP contribution in [0.1, 0.15) is 21.5 Å². The molecule has 0 saturated carbocycles. The van der Waals surface area contributed by atoms with Crippen LogP contribution in [0.3, 0.4) is 0 Å². The quantitative estimate of drug-likeness (QED) is 0.731. The highest BCUT2D eigenvalue weighted by Crippen LogP contribution is 2.33. The van der Waals surface area contributed by atoms with Gasteiger partial charge in [0.25, 0.3) is 5.91 Å². The fourth-order valence-electron chi connectivity index (χ4n) is 2.98. The first kappa shape index (κ1) is 22.2.